The first-order valence-electron chi connectivity index (χ1n) is 7.81. The molecule has 0 aliphatic rings. The number of aliphatic imine (C=N–C) groups is 1. The van der Waals surface area contributed by atoms with E-state index in [9.17, 15) is 0 Å². The van der Waals surface area contributed by atoms with Crippen molar-refractivity contribution in [3.63, 3.8) is 0 Å². The molecule has 1 heterocycles. The van der Waals surface area contributed by atoms with Crippen LogP contribution in [0.5, 0.6) is 5.75 Å². The molecule has 0 radical (unpaired) electrons. The number of ether oxygens (including phenoxy) is 1. The normalized spacial score (nSPS) is 12.7. The summed E-state index contributed by atoms with van der Waals surface area (Å²) in [5, 5.41) is 6.54. The molecule has 0 saturated heterocycles. The van der Waals surface area contributed by atoms with Crippen LogP contribution in [0.3, 0.4) is 0 Å². The van der Waals surface area contributed by atoms with E-state index in [-0.39, 0.29) is 6.10 Å². The van der Waals surface area contributed by atoms with Gasteiger partial charge in [0.25, 0.3) is 0 Å². The van der Waals surface area contributed by atoms with Gasteiger partial charge in [0.2, 0.25) is 0 Å². The highest BCUT2D eigenvalue weighted by molar-refractivity contribution is 5.79. The lowest BCUT2D eigenvalue weighted by molar-refractivity contribution is 0.223. The Morgan fingerprint density at radius 1 is 1.39 bits per heavy atom. The Hall–Kier alpha value is -2.50. The summed E-state index contributed by atoms with van der Waals surface area (Å²) in [5.41, 5.74) is 1.19. The first-order chi connectivity index (χ1) is 11.2. The molecule has 23 heavy (non-hydrogen) atoms. The van der Waals surface area contributed by atoms with Crippen LogP contribution in [0.15, 0.2) is 48.0 Å². The van der Waals surface area contributed by atoms with E-state index in [1.807, 2.05) is 35.9 Å². The van der Waals surface area contributed by atoms with Gasteiger partial charge in [0.05, 0.1) is 12.9 Å². The van der Waals surface area contributed by atoms with Gasteiger partial charge < -0.3 is 19.9 Å². The van der Waals surface area contributed by atoms with E-state index in [0.29, 0.717) is 6.54 Å². The number of guanidine groups is 1. The summed E-state index contributed by atoms with van der Waals surface area (Å²) >= 11 is 0. The monoisotopic (exact) mass is 315 g/mol. The number of hydrogen-bond donors (Lipinski definition) is 2. The smallest absolute Gasteiger partial charge is 0.191 e. The highest BCUT2D eigenvalue weighted by Gasteiger charge is 2.05. The van der Waals surface area contributed by atoms with Gasteiger partial charge in [0.15, 0.2) is 5.96 Å². The summed E-state index contributed by atoms with van der Waals surface area (Å²) < 4.78 is 7.91. The fourth-order valence-corrected chi connectivity index (χ4v) is 2.15. The van der Waals surface area contributed by atoms with E-state index in [4.69, 9.17) is 4.74 Å². The number of aryl methyl sites for hydroxylation is 1. The lowest BCUT2D eigenvalue weighted by atomic mass is 10.2. The van der Waals surface area contributed by atoms with Gasteiger partial charge in [-0.25, -0.2) is 4.98 Å². The van der Waals surface area contributed by atoms with Crippen molar-refractivity contribution in [2.75, 3.05) is 20.1 Å². The molecule has 0 aliphatic carbocycles. The Labute approximate surface area is 137 Å². The van der Waals surface area contributed by atoms with Gasteiger partial charge in [0.1, 0.15) is 11.9 Å². The molecule has 0 aliphatic heterocycles. The summed E-state index contributed by atoms with van der Waals surface area (Å²) in [6.07, 6.45) is 5.56. The summed E-state index contributed by atoms with van der Waals surface area (Å²) in [6, 6.07) is 8.07. The average molecular weight is 315 g/mol. The number of benzene rings is 1. The average Bonchev–Trinajstić information content (AvgIpc) is 3.04. The molecule has 0 saturated carbocycles. The fourth-order valence-electron chi connectivity index (χ4n) is 2.15. The number of rotatable bonds is 7. The molecule has 0 spiro atoms. The first kappa shape index (κ1) is 16.9. The molecule has 1 aromatic carbocycles. The summed E-state index contributed by atoms with van der Waals surface area (Å²) in [5.74, 6) is 1.66. The van der Waals surface area contributed by atoms with Crippen LogP contribution in [0.2, 0.25) is 0 Å². The SMILES string of the molecule is CN=C(NCCn1ccnc1)NCC(C)Oc1cccc(C)c1. The zero-order chi connectivity index (χ0) is 16.5. The number of aromatic nitrogens is 2. The van der Waals surface area contributed by atoms with Crippen LogP contribution < -0.4 is 15.4 Å². The minimum atomic E-state index is 0.0454. The van der Waals surface area contributed by atoms with E-state index in [1.54, 1.807) is 19.6 Å². The molecule has 2 aromatic rings. The van der Waals surface area contributed by atoms with E-state index >= 15 is 0 Å². The maximum atomic E-state index is 5.90. The Bertz CT molecular complexity index is 609. The van der Waals surface area contributed by atoms with Crippen molar-refractivity contribution in [3.8, 4) is 5.75 Å². The number of nitrogens with one attached hydrogen (secondary N) is 2. The van der Waals surface area contributed by atoms with Gasteiger partial charge in [0, 0.05) is 32.5 Å². The molecule has 2 rings (SSSR count). The number of imidazole rings is 1. The van der Waals surface area contributed by atoms with Gasteiger partial charge in [-0.05, 0) is 31.5 Å². The number of hydrogen-bond acceptors (Lipinski definition) is 3. The second-order valence-electron chi connectivity index (χ2n) is 5.43. The standard InChI is InChI=1S/C17H25N5O/c1-14-5-4-6-16(11-14)23-15(2)12-21-17(18-3)20-8-10-22-9-7-19-13-22/h4-7,9,11,13,15H,8,10,12H2,1-3H3,(H2,18,20,21). The molecule has 0 amide bonds. The topological polar surface area (TPSA) is 63.5 Å². The molecule has 0 bridgehead atoms. The van der Waals surface area contributed by atoms with Crippen LogP contribution in [0.4, 0.5) is 0 Å². The summed E-state index contributed by atoms with van der Waals surface area (Å²) in [4.78, 5) is 8.23. The van der Waals surface area contributed by atoms with Crippen molar-refractivity contribution >= 4 is 5.96 Å². The molecule has 0 fully saturated rings. The van der Waals surface area contributed by atoms with E-state index in [0.717, 1.165) is 24.8 Å². The predicted octanol–water partition coefficient (Wildman–Crippen LogP) is 1.82. The van der Waals surface area contributed by atoms with Crippen molar-refractivity contribution in [1.29, 1.82) is 0 Å². The second kappa shape index (κ2) is 8.82. The van der Waals surface area contributed by atoms with E-state index < -0.39 is 0 Å². The molecule has 1 atom stereocenters. The highest BCUT2D eigenvalue weighted by Crippen LogP contribution is 2.13. The molecule has 2 N–H and O–H groups in total. The summed E-state index contributed by atoms with van der Waals surface area (Å²) in [7, 11) is 1.76. The van der Waals surface area contributed by atoms with Crippen LogP contribution in [-0.4, -0.2) is 41.8 Å². The Kier molecular flexibility index (Phi) is 6.47. The van der Waals surface area contributed by atoms with Crippen LogP contribution in [0.25, 0.3) is 0 Å². The second-order valence-corrected chi connectivity index (χ2v) is 5.43. The molecule has 124 valence electrons. The number of nitrogens with zero attached hydrogens (tertiary/aromatic N) is 3. The quantitative estimate of drug-likeness (QED) is 0.604. The largest absolute Gasteiger partial charge is 0.489 e. The third kappa shape index (κ3) is 6.02. The Morgan fingerprint density at radius 3 is 2.96 bits per heavy atom. The van der Waals surface area contributed by atoms with Crippen LogP contribution in [-0.2, 0) is 6.54 Å². The van der Waals surface area contributed by atoms with Gasteiger partial charge >= 0.3 is 0 Å². The van der Waals surface area contributed by atoms with E-state index in [2.05, 4.69) is 33.6 Å². The van der Waals surface area contributed by atoms with Gasteiger partial charge in [-0.3, -0.25) is 4.99 Å². The molecular formula is C17H25N5O. The molecule has 6 nitrogen and oxygen atoms in total. The minimum absolute atomic E-state index is 0.0454. The Morgan fingerprint density at radius 2 is 2.26 bits per heavy atom. The van der Waals surface area contributed by atoms with Crippen LogP contribution in [0, 0.1) is 6.92 Å². The molecule has 1 aromatic heterocycles. The van der Waals surface area contributed by atoms with Crippen molar-refractivity contribution in [2.24, 2.45) is 4.99 Å². The van der Waals surface area contributed by atoms with Crippen molar-refractivity contribution in [1.82, 2.24) is 20.2 Å². The molecule has 1 unspecified atom stereocenters. The maximum Gasteiger partial charge on any atom is 0.191 e. The molecular weight excluding hydrogens is 290 g/mol. The van der Waals surface area contributed by atoms with Crippen LogP contribution in [0.1, 0.15) is 12.5 Å². The maximum absolute atomic E-state index is 5.90. The Balaban J connectivity index is 1.70. The third-order valence-electron chi connectivity index (χ3n) is 3.33. The van der Waals surface area contributed by atoms with Gasteiger partial charge in [-0.1, -0.05) is 12.1 Å². The first-order valence-corrected chi connectivity index (χ1v) is 7.81. The predicted molar refractivity (Wildman–Crippen MR) is 92.9 cm³/mol. The lowest BCUT2D eigenvalue weighted by Gasteiger charge is -2.18. The minimum Gasteiger partial charge on any atom is -0.489 e. The zero-order valence-electron chi connectivity index (χ0n) is 14.0. The van der Waals surface area contributed by atoms with Crippen molar-refractivity contribution < 1.29 is 4.74 Å². The third-order valence-corrected chi connectivity index (χ3v) is 3.33. The van der Waals surface area contributed by atoms with E-state index in [1.165, 1.54) is 5.56 Å². The molecule has 6 heteroatoms. The van der Waals surface area contributed by atoms with Gasteiger partial charge in [-0.15, -0.1) is 0 Å². The van der Waals surface area contributed by atoms with Crippen molar-refractivity contribution in [3.05, 3.63) is 48.5 Å². The summed E-state index contributed by atoms with van der Waals surface area (Å²) in [6.45, 7) is 6.40. The van der Waals surface area contributed by atoms with Crippen molar-refractivity contribution in [2.45, 2.75) is 26.5 Å². The lowest BCUT2D eigenvalue weighted by Crippen LogP contribution is -2.42. The van der Waals surface area contributed by atoms with Crippen LogP contribution >= 0.6 is 0 Å². The zero-order valence-corrected chi connectivity index (χ0v) is 14.0. The highest BCUT2D eigenvalue weighted by atomic mass is 16.5. The fraction of sp³-hybridized carbons (Fsp3) is 0.412. The van der Waals surface area contributed by atoms with Gasteiger partial charge in [-0.2, -0.15) is 0 Å².